The van der Waals surface area contributed by atoms with Gasteiger partial charge in [-0.25, -0.2) is 42.4 Å². The van der Waals surface area contributed by atoms with Crippen LogP contribution in [0.4, 0.5) is 17.6 Å². The molecule has 31 nitrogen and oxygen atoms in total. The van der Waals surface area contributed by atoms with E-state index in [1.54, 1.807) is 13.8 Å². The van der Waals surface area contributed by atoms with Gasteiger partial charge in [0.15, 0.2) is 55.7 Å². The standard InChI is InChI=1S/2C10H13FN2O4.C10H11FN2O3.C9H11FN2O5.2CH4.H3N6O.Na/c2*1-2-5-8(15)7(11)9(17-5)13-4-3-6(14)12-10(13)16;1-2-5-8-7(11)9(15-5)13-4-3-6(14)12-10(13)16-8;10-6-7(15)4(3-13)17-8(6)12-2-1-5(14)11-9(12)16;;;1-2-3-4-5-6-7;/h2*3-5,7-9,15H,2H2,1H3,(H,12,14,16);3-5,7-9H,2H2,1H3;1-2,4,6-8,13,15H,3H2,(H,11,14,16);2*1H4;(H3-,1,2,3,4,5,6,7);/q;;;;;;-1;+1/t5-,7-,8+,9-;5-,7-,8-,9-;5-,7-,8?,9-;4-,6-,7-,8-;;;;/m1111..../s1. The SMILES string of the molecule is C.C.CC[C@H]1O[C@@H](n2ccc(=O)[nH]c2=O)[C@H](F)[C@@H]1O.CC[C@H]1O[C@@H](n2ccc(=O)[nH]c2=O)[C@H](F)[C@H]1O.CC[C@H]1O[C@@H]2[C@H](F)C1Oc1nc(=O)ccn12.N/N=N/N=N/[N-]O.O=c1ccn([C@@H]2O[C@H](CO)[C@@H](O)[C@H]2F)c(=O)[nH]1.[Na+]. The number of H-pyrrole nitrogens is 3. The molecule has 0 aromatic carbocycles. The molecule has 9 heterocycles. The first-order chi connectivity index (χ1) is 35.2. The maximum Gasteiger partial charge on any atom is 1.00 e. The van der Waals surface area contributed by atoms with E-state index in [4.69, 9.17) is 34.0 Å². The second kappa shape index (κ2) is 30.7. The van der Waals surface area contributed by atoms with Gasteiger partial charge in [-0.2, -0.15) is 4.98 Å². The smallest absolute Gasteiger partial charge is 0.455 e. The molecule has 4 fully saturated rings. The molecule has 9 rings (SSSR count). The van der Waals surface area contributed by atoms with Crippen molar-refractivity contribution in [1.82, 2.24) is 38.2 Å². The van der Waals surface area contributed by atoms with Crippen LogP contribution in [0.25, 0.3) is 5.59 Å². The zero-order valence-electron chi connectivity index (χ0n) is 39.9. The van der Waals surface area contributed by atoms with Crippen LogP contribution in [0.2, 0.25) is 0 Å². The Labute approximate surface area is 453 Å². The molecule has 5 aliphatic rings. The fourth-order valence-electron chi connectivity index (χ4n) is 7.74. The number of aliphatic hydroxyl groups excluding tert-OH is 4. The molecule has 0 spiro atoms. The van der Waals surface area contributed by atoms with Gasteiger partial charge in [-0.05, 0) is 19.3 Å². The molecular formula is C41H59F4N14NaO17. The number of nitrogens with two attached hydrogens (primary N) is 1. The molecule has 10 N–H and O–H groups in total. The van der Waals surface area contributed by atoms with Crippen LogP contribution in [0.5, 0.6) is 6.01 Å². The van der Waals surface area contributed by atoms with E-state index in [0.29, 0.717) is 19.3 Å². The summed E-state index contributed by atoms with van der Waals surface area (Å²) >= 11 is 0. The molecule has 0 amide bonds. The zero-order valence-corrected chi connectivity index (χ0v) is 41.9. The Balaban J connectivity index is 0.000000333. The zero-order chi connectivity index (χ0) is 54.6. The minimum absolute atomic E-state index is 0. The molecule has 16 atom stereocenters. The second-order valence-corrected chi connectivity index (χ2v) is 16.0. The van der Waals surface area contributed by atoms with Crippen molar-refractivity contribution in [3.05, 3.63) is 128 Å². The Bertz CT molecular complexity index is 2740. The summed E-state index contributed by atoms with van der Waals surface area (Å²) in [4.78, 5) is 87.6. The van der Waals surface area contributed by atoms with E-state index in [2.05, 4.69) is 37.3 Å². The Morgan fingerprint density at radius 2 is 0.961 bits per heavy atom. The number of rotatable bonds is 9. The van der Waals surface area contributed by atoms with E-state index in [1.807, 2.05) is 21.9 Å². The van der Waals surface area contributed by atoms with Gasteiger partial charge in [-0.3, -0.25) is 58.0 Å². The van der Waals surface area contributed by atoms with E-state index >= 15 is 0 Å². The topological polar surface area (TPSA) is 436 Å². The average Bonchev–Trinajstić information content (AvgIpc) is 4.00. The molecular weight excluding hydrogens is 1060 g/mol. The molecule has 4 aromatic heterocycles. The van der Waals surface area contributed by atoms with Crippen molar-refractivity contribution in [2.75, 3.05) is 6.61 Å². The maximum absolute atomic E-state index is 13.9. The number of nitrogens with zero attached hydrogens (tertiary/aromatic N) is 10. The monoisotopic (exact) mass is 1120 g/mol. The Hall–Kier alpha value is -6.12. The first kappa shape index (κ1) is 67.0. The third-order valence-electron chi connectivity index (χ3n) is 11.4. The van der Waals surface area contributed by atoms with Crippen molar-refractivity contribution in [2.45, 2.75) is 153 Å². The maximum atomic E-state index is 13.9. The molecule has 77 heavy (non-hydrogen) atoms. The number of halogens is 4. The number of fused-ring (bicyclic) bond motifs is 4. The van der Waals surface area contributed by atoms with Crippen LogP contribution >= 0.6 is 0 Å². The summed E-state index contributed by atoms with van der Waals surface area (Å²) < 4.78 is 85.6. The van der Waals surface area contributed by atoms with Gasteiger partial charge >= 0.3 is 52.6 Å². The third-order valence-corrected chi connectivity index (χ3v) is 11.4. The summed E-state index contributed by atoms with van der Waals surface area (Å²) in [6.45, 7) is 4.84. The summed E-state index contributed by atoms with van der Waals surface area (Å²) in [6.07, 6.45) is -11.9. The van der Waals surface area contributed by atoms with Crippen molar-refractivity contribution in [1.29, 1.82) is 0 Å². The summed E-state index contributed by atoms with van der Waals surface area (Å²) in [6, 6.07) is 4.65. The predicted octanol–water partition coefficient (Wildman–Crippen LogP) is -3.51. The Kier molecular flexibility index (Phi) is 26.7. The number of aromatic nitrogens is 8. The summed E-state index contributed by atoms with van der Waals surface area (Å²) in [7, 11) is 0. The van der Waals surface area contributed by atoms with Crippen LogP contribution in [0.15, 0.2) is 104 Å². The third kappa shape index (κ3) is 16.0. The molecule has 4 saturated heterocycles. The normalized spacial score (nSPS) is 30.2. The number of ether oxygens (including phenoxy) is 5. The predicted molar refractivity (Wildman–Crippen MR) is 251 cm³/mol. The molecule has 4 aromatic rings. The van der Waals surface area contributed by atoms with Crippen LogP contribution in [-0.4, -0.2) is 144 Å². The largest absolute Gasteiger partial charge is 1.00 e. The van der Waals surface area contributed by atoms with Crippen LogP contribution in [0, 0.1) is 0 Å². The number of aromatic amines is 3. The quantitative estimate of drug-likeness (QED) is 0.0258. The van der Waals surface area contributed by atoms with Gasteiger partial charge in [0.2, 0.25) is 0 Å². The first-order valence-electron chi connectivity index (χ1n) is 22.1. The molecule has 5 aliphatic heterocycles. The number of aliphatic hydroxyl groups is 4. The van der Waals surface area contributed by atoms with Crippen LogP contribution < -0.4 is 79.4 Å². The summed E-state index contributed by atoms with van der Waals surface area (Å²) in [5.41, 5.74) is -2.26. The molecule has 0 radical (unpaired) electrons. The van der Waals surface area contributed by atoms with Gasteiger partial charge in [0, 0.05) is 49.1 Å². The number of alkyl halides is 4. The van der Waals surface area contributed by atoms with Crippen LogP contribution in [0.3, 0.4) is 0 Å². The molecule has 424 valence electrons. The van der Waals surface area contributed by atoms with Crippen molar-refractivity contribution in [3.8, 4) is 6.01 Å². The molecule has 0 saturated carbocycles. The van der Waals surface area contributed by atoms with Crippen molar-refractivity contribution < 1.29 is 96.4 Å². The first-order valence-corrected chi connectivity index (χ1v) is 22.1. The summed E-state index contributed by atoms with van der Waals surface area (Å²) in [5, 5.41) is 55.6. The number of hydrogen-bond donors (Lipinski definition) is 9. The van der Waals surface area contributed by atoms with Gasteiger partial charge in [0.05, 0.1) is 18.8 Å². The van der Waals surface area contributed by atoms with Gasteiger partial charge < -0.3 is 55.2 Å². The fraction of sp³-hybridized carbons (Fsp3) is 0.610. The Morgan fingerprint density at radius 3 is 1.30 bits per heavy atom. The van der Waals surface area contributed by atoms with Gasteiger partial charge in [-0.1, -0.05) is 40.8 Å². The van der Waals surface area contributed by atoms with E-state index in [1.165, 1.54) is 16.8 Å². The van der Waals surface area contributed by atoms with E-state index in [-0.39, 0.29) is 56.5 Å². The van der Waals surface area contributed by atoms with Crippen molar-refractivity contribution in [2.24, 2.45) is 26.7 Å². The number of nitrogens with one attached hydrogen (secondary N) is 3. The molecule has 0 aliphatic carbocycles. The second-order valence-electron chi connectivity index (χ2n) is 16.0. The Morgan fingerprint density at radius 1 is 0.597 bits per heavy atom. The van der Waals surface area contributed by atoms with Crippen molar-refractivity contribution in [3.63, 3.8) is 0 Å². The average molecular weight is 1120 g/mol. The van der Waals surface area contributed by atoms with Crippen LogP contribution in [0.1, 0.15) is 79.8 Å². The molecule has 36 heteroatoms. The van der Waals surface area contributed by atoms with Crippen molar-refractivity contribution >= 4 is 0 Å². The van der Waals surface area contributed by atoms with E-state index < -0.39 is 138 Å². The minimum Gasteiger partial charge on any atom is -0.455 e. The summed E-state index contributed by atoms with van der Waals surface area (Å²) in [5.74, 6) is 4.45. The van der Waals surface area contributed by atoms with Gasteiger partial charge in [-0.15, -0.1) is 5.22 Å². The number of hydrogen-bond acceptors (Lipinski definition) is 20. The van der Waals surface area contributed by atoms with Gasteiger partial charge in [0.25, 0.3) is 22.2 Å². The molecule has 1 unspecified atom stereocenters. The van der Waals surface area contributed by atoms with E-state index in [9.17, 15) is 66.4 Å². The van der Waals surface area contributed by atoms with Gasteiger partial charge in [0.1, 0.15) is 30.5 Å². The fourth-order valence-corrected chi connectivity index (χ4v) is 7.74. The molecule has 2 bridgehead atoms. The minimum atomic E-state index is -1.85. The van der Waals surface area contributed by atoms with E-state index in [0.717, 1.165) is 50.5 Å². The van der Waals surface area contributed by atoms with Crippen LogP contribution in [-0.2, 0) is 18.9 Å².